The molecule has 0 N–H and O–H groups in total. The molecule has 0 spiro atoms. The zero-order valence-corrected chi connectivity index (χ0v) is 18.3. The van der Waals surface area contributed by atoms with Crippen molar-refractivity contribution in [1.29, 1.82) is 0 Å². The molecule has 2 aliphatic carbocycles. The van der Waals surface area contributed by atoms with Crippen LogP contribution in [0.25, 0.3) is 0 Å². The molecule has 1 aromatic heterocycles. The van der Waals surface area contributed by atoms with E-state index in [2.05, 4.69) is 33.3 Å². The highest BCUT2D eigenvalue weighted by atomic mass is 32.2. The van der Waals surface area contributed by atoms with E-state index in [-0.39, 0.29) is 5.75 Å². The Hall–Kier alpha value is -0.920. The summed E-state index contributed by atoms with van der Waals surface area (Å²) in [5.41, 5.74) is 1.08. The van der Waals surface area contributed by atoms with E-state index in [0.29, 0.717) is 23.0 Å². The topological polar surface area (TPSA) is 58.4 Å². The molecule has 0 aromatic carbocycles. The zero-order valence-electron chi connectivity index (χ0n) is 17.5. The van der Waals surface area contributed by atoms with Gasteiger partial charge < -0.3 is 9.47 Å². The van der Waals surface area contributed by atoms with Gasteiger partial charge in [0, 0.05) is 38.8 Å². The fourth-order valence-corrected chi connectivity index (χ4v) is 6.60. The van der Waals surface area contributed by atoms with Gasteiger partial charge in [0.1, 0.15) is 0 Å². The Labute approximate surface area is 170 Å². The zero-order chi connectivity index (χ0) is 19.7. The first-order chi connectivity index (χ1) is 13.4. The van der Waals surface area contributed by atoms with Crippen molar-refractivity contribution >= 4 is 9.84 Å². The van der Waals surface area contributed by atoms with Gasteiger partial charge in [-0.15, -0.1) is 0 Å². The molecule has 158 valence electrons. The smallest absolute Gasteiger partial charge is 0.227 e. The highest BCUT2D eigenvalue weighted by Gasteiger charge is 2.33. The molecule has 1 aromatic rings. The first kappa shape index (κ1) is 20.4. The summed E-state index contributed by atoms with van der Waals surface area (Å²) in [6, 6.07) is 0.529. The lowest BCUT2D eigenvalue weighted by Crippen LogP contribution is -2.49. The lowest BCUT2D eigenvalue weighted by atomic mass is 9.89. The lowest BCUT2D eigenvalue weighted by Gasteiger charge is -2.37. The van der Waals surface area contributed by atoms with E-state index < -0.39 is 9.84 Å². The molecule has 4 rings (SSSR count). The number of aromatic nitrogens is 2. The summed E-state index contributed by atoms with van der Waals surface area (Å²) in [7, 11) is -1.11. The third-order valence-electron chi connectivity index (χ3n) is 6.93. The maximum Gasteiger partial charge on any atom is 0.227 e. The molecule has 0 amide bonds. The van der Waals surface area contributed by atoms with Gasteiger partial charge in [0.2, 0.25) is 15.0 Å². The Morgan fingerprint density at radius 1 is 1.07 bits per heavy atom. The minimum atomic E-state index is -3.29. The normalized spacial score (nSPS) is 26.0. The van der Waals surface area contributed by atoms with Gasteiger partial charge in [0.15, 0.2) is 0 Å². The van der Waals surface area contributed by atoms with Crippen LogP contribution in [0, 0.1) is 11.8 Å². The molecule has 2 saturated carbocycles. The minimum absolute atomic E-state index is 0.277. The summed E-state index contributed by atoms with van der Waals surface area (Å²) in [4.78, 5) is 9.32. The molecule has 1 saturated heterocycles. The van der Waals surface area contributed by atoms with Crippen molar-refractivity contribution in [2.75, 3.05) is 32.4 Å². The Balaban J connectivity index is 1.56. The van der Waals surface area contributed by atoms with Gasteiger partial charge in [-0.25, -0.2) is 13.4 Å². The molecule has 0 unspecified atom stereocenters. The number of likely N-dealkylation sites (N-methyl/N-ethyl adjacent to an activating group) is 1. The Morgan fingerprint density at radius 3 is 2.50 bits per heavy atom. The standard InChI is InChI=1S/C21H36N4O2S/c1-17-13-24(11-10-23(17)2)15-20-12-22-21(28(26,27)16-19-8-9-19)25(20)14-18-6-4-3-5-7-18/h12,17-19H,3-11,13-16H2,1-2H3/t17-/m0/s1. The highest BCUT2D eigenvalue weighted by Crippen LogP contribution is 2.33. The Morgan fingerprint density at radius 2 is 1.82 bits per heavy atom. The summed E-state index contributed by atoms with van der Waals surface area (Å²) in [6.07, 6.45) is 10.2. The molecule has 28 heavy (non-hydrogen) atoms. The average molecular weight is 409 g/mol. The first-order valence-electron chi connectivity index (χ1n) is 11.1. The summed E-state index contributed by atoms with van der Waals surface area (Å²) < 4.78 is 28.2. The molecule has 1 atom stereocenters. The second kappa shape index (κ2) is 8.44. The first-order valence-corrected chi connectivity index (χ1v) is 12.8. The lowest BCUT2D eigenvalue weighted by molar-refractivity contribution is 0.0975. The number of imidazole rings is 1. The quantitative estimate of drug-likeness (QED) is 0.694. The molecule has 3 fully saturated rings. The fourth-order valence-electron chi connectivity index (χ4n) is 4.76. The van der Waals surface area contributed by atoms with Crippen molar-refractivity contribution in [2.24, 2.45) is 11.8 Å². The Kier molecular flexibility index (Phi) is 6.14. The van der Waals surface area contributed by atoms with Gasteiger partial charge in [0.05, 0.1) is 17.6 Å². The largest absolute Gasteiger partial charge is 0.317 e. The van der Waals surface area contributed by atoms with Crippen molar-refractivity contribution < 1.29 is 8.42 Å². The number of hydrogen-bond acceptors (Lipinski definition) is 5. The molecule has 6 nitrogen and oxygen atoms in total. The maximum absolute atomic E-state index is 13.0. The predicted octanol–water partition coefficient (Wildman–Crippen LogP) is 2.78. The molecular weight excluding hydrogens is 372 g/mol. The minimum Gasteiger partial charge on any atom is -0.317 e. The van der Waals surface area contributed by atoms with Gasteiger partial charge in [-0.2, -0.15) is 0 Å². The van der Waals surface area contributed by atoms with Crippen LogP contribution in [0.3, 0.4) is 0 Å². The summed E-state index contributed by atoms with van der Waals surface area (Å²) in [6.45, 7) is 6.99. The SMILES string of the molecule is C[C@H]1CN(Cc2cnc(S(=O)(=O)CC3CC3)n2CC2CCCCC2)CCN1C. The van der Waals surface area contributed by atoms with E-state index in [4.69, 9.17) is 0 Å². The van der Waals surface area contributed by atoms with Crippen LogP contribution in [0.15, 0.2) is 11.4 Å². The number of hydrogen-bond donors (Lipinski definition) is 0. The van der Waals surface area contributed by atoms with E-state index in [0.717, 1.165) is 51.3 Å². The second-order valence-corrected chi connectivity index (χ2v) is 11.4. The van der Waals surface area contributed by atoms with E-state index in [1.807, 2.05) is 6.20 Å². The van der Waals surface area contributed by atoms with Gasteiger partial charge >= 0.3 is 0 Å². The van der Waals surface area contributed by atoms with E-state index in [9.17, 15) is 8.42 Å². The fraction of sp³-hybridized carbons (Fsp3) is 0.857. The molecule has 3 aliphatic rings. The molecule has 0 radical (unpaired) electrons. The van der Waals surface area contributed by atoms with Crippen molar-refractivity contribution in [3.63, 3.8) is 0 Å². The van der Waals surface area contributed by atoms with Gasteiger partial charge in [-0.1, -0.05) is 19.3 Å². The van der Waals surface area contributed by atoms with E-state index >= 15 is 0 Å². The molecular formula is C21H36N4O2S. The van der Waals surface area contributed by atoms with Crippen LogP contribution in [0.4, 0.5) is 0 Å². The van der Waals surface area contributed by atoms with Gasteiger partial charge in [-0.05, 0) is 51.5 Å². The van der Waals surface area contributed by atoms with Gasteiger partial charge in [-0.3, -0.25) is 4.90 Å². The van der Waals surface area contributed by atoms with Crippen LogP contribution in [0.1, 0.15) is 57.6 Å². The maximum atomic E-state index is 13.0. The average Bonchev–Trinajstić information content (AvgIpc) is 3.38. The van der Waals surface area contributed by atoms with Crippen LogP contribution in [-0.2, 0) is 22.9 Å². The number of nitrogens with zero attached hydrogens (tertiary/aromatic N) is 4. The predicted molar refractivity (Wildman–Crippen MR) is 111 cm³/mol. The summed E-state index contributed by atoms with van der Waals surface area (Å²) in [5.74, 6) is 1.22. The highest BCUT2D eigenvalue weighted by molar-refractivity contribution is 7.91. The Bertz CT molecular complexity index is 765. The van der Waals surface area contributed by atoms with Crippen LogP contribution in [0.5, 0.6) is 0 Å². The third kappa shape index (κ3) is 4.79. The van der Waals surface area contributed by atoms with Crippen LogP contribution in [-0.4, -0.2) is 66.2 Å². The third-order valence-corrected chi connectivity index (χ3v) is 8.72. The summed E-state index contributed by atoms with van der Waals surface area (Å²) in [5, 5.41) is 0.335. The van der Waals surface area contributed by atoms with Crippen LogP contribution in [0.2, 0.25) is 0 Å². The second-order valence-electron chi connectivity index (χ2n) is 9.44. The molecule has 0 bridgehead atoms. The summed E-state index contributed by atoms with van der Waals surface area (Å²) >= 11 is 0. The molecule has 7 heteroatoms. The monoisotopic (exact) mass is 408 g/mol. The number of rotatable bonds is 7. The number of piperazine rings is 1. The number of sulfone groups is 1. The molecule has 1 aliphatic heterocycles. The van der Waals surface area contributed by atoms with Crippen molar-refractivity contribution in [2.45, 2.75) is 76.2 Å². The van der Waals surface area contributed by atoms with E-state index in [1.165, 1.54) is 32.1 Å². The van der Waals surface area contributed by atoms with Crippen LogP contribution < -0.4 is 0 Å². The molecule has 2 heterocycles. The van der Waals surface area contributed by atoms with Gasteiger partial charge in [0.25, 0.3) is 0 Å². The van der Waals surface area contributed by atoms with Crippen molar-refractivity contribution in [1.82, 2.24) is 19.4 Å². The van der Waals surface area contributed by atoms with Crippen molar-refractivity contribution in [3.8, 4) is 0 Å². The van der Waals surface area contributed by atoms with Crippen LogP contribution >= 0.6 is 0 Å². The van der Waals surface area contributed by atoms with Crippen molar-refractivity contribution in [3.05, 3.63) is 11.9 Å². The van der Waals surface area contributed by atoms with E-state index in [1.54, 1.807) is 0 Å².